The number of rotatable bonds is 4. The highest BCUT2D eigenvalue weighted by Crippen LogP contribution is 2.21. The highest BCUT2D eigenvalue weighted by Gasteiger charge is 2.31. The van der Waals surface area contributed by atoms with Crippen LogP contribution in [0.5, 0.6) is 0 Å². The second kappa shape index (κ2) is 8.00. The molecule has 1 aromatic rings. The number of carboxylic acids is 1. The van der Waals surface area contributed by atoms with E-state index in [1.54, 1.807) is 43.3 Å². The molecule has 1 saturated heterocycles. The fourth-order valence-electron chi connectivity index (χ4n) is 3.01. The molecule has 2 rings (SSSR count). The van der Waals surface area contributed by atoms with Crippen molar-refractivity contribution >= 4 is 17.9 Å². The molecular formula is C18H25N3O4. The second-order valence-corrected chi connectivity index (χ2v) is 6.84. The van der Waals surface area contributed by atoms with Gasteiger partial charge in [0.15, 0.2) is 0 Å². The van der Waals surface area contributed by atoms with Crippen LogP contribution in [0.25, 0.3) is 0 Å². The van der Waals surface area contributed by atoms with Crippen LogP contribution in [-0.2, 0) is 11.3 Å². The maximum Gasteiger partial charge on any atom is 0.317 e. The first-order valence-corrected chi connectivity index (χ1v) is 8.34. The molecule has 7 nitrogen and oxygen atoms in total. The zero-order valence-corrected chi connectivity index (χ0v) is 14.9. The summed E-state index contributed by atoms with van der Waals surface area (Å²) in [5.74, 6) is -1.27. The molecule has 1 aromatic carbocycles. The lowest BCUT2D eigenvalue weighted by Crippen LogP contribution is -2.49. The maximum absolute atomic E-state index is 12.3. The molecule has 2 unspecified atom stereocenters. The molecule has 1 fully saturated rings. The van der Waals surface area contributed by atoms with Crippen molar-refractivity contribution in [3.05, 3.63) is 35.4 Å². The number of hydrogen-bond donors (Lipinski definition) is 2. The van der Waals surface area contributed by atoms with Crippen molar-refractivity contribution in [3.63, 3.8) is 0 Å². The summed E-state index contributed by atoms with van der Waals surface area (Å²) in [6.07, 6.45) is 0.598. The van der Waals surface area contributed by atoms with E-state index in [0.717, 1.165) is 5.56 Å². The fraction of sp³-hybridized carbons (Fsp3) is 0.500. The van der Waals surface area contributed by atoms with Crippen molar-refractivity contribution in [1.29, 1.82) is 0 Å². The van der Waals surface area contributed by atoms with Gasteiger partial charge < -0.3 is 20.2 Å². The number of carbonyl (C=O) groups excluding carboxylic acids is 2. The second-order valence-electron chi connectivity index (χ2n) is 6.84. The molecule has 0 bridgehead atoms. The number of aliphatic carboxylic acids is 1. The Balaban J connectivity index is 1.91. The van der Waals surface area contributed by atoms with Crippen molar-refractivity contribution < 1.29 is 19.5 Å². The van der Waals surface area contributed by atoms with Crippen LogP contribution < -0.4 is 5.32 Å². The molecule has 0 aromatic heterocycles. The number of amides is 3. The topological polar surface area (TPSA) is 90.0 Å². The average Bonchev–Trinajstić information content (AvgIpc) is 2.58. The lowest BCUT2D eigenvalue weighted by atomic mass is 9.91. The Morgan fingerprint density at radius 2 is 1.84 bits per heavy atom. The van der Waals surface area contributed by atoms with Crippen LogP contribution in [0, 0.1) is 11.8 Å². The Hall–Kier alpha value is -2.57. The number of benzene rings is 1. The Bertz CT molecular complexity index is 642. The summed E-state index contributed by atoms with van der Waals surface area (Å²) in [6.45, 7) is 3.08. The van der Waals surface area contributed by atoms with Crippen LogP contribution in [0.4, 0.5) is 4.79 Å². The standard InChI is InChI=1S/C18H25N3O4/c1-12-8-15(17(23)24)11-21(10-12)18(25)19-9-13-4-6-14(7-5-13)16(22)20(2)3/h4-7,12,15H,8-11H2,1-3H3,(H,19,25)(H,23,24). The Morgan fingerprint density at radius 1 is 1.20 bits per heavy atom. The molecule has 0 spiro atoms. The van der Waals surface area contributed by atoms with Crippen LogP contribution in [0.2, 0.25) is 0 Å². The zero-order valence-electron chi connectivity index (χ0n) is 14.9. The van der Waals surface area contributed by atoms with Gasteiger partial charge in [0, 0.05) is 39.3 Å². The molecule has 25 heavy (non-hydrogen) atoms. The number of nitrogens with one attached hydrogen (secondary N) is 1. The van der Waals surface area contributed by atoms with Crippen molar-refractivity contribution in [2.45, 2.75) is 19.9 Å². The molecule has 7 heteroatoms. The first-order chi connectivity index (χ1) is 11.8. The Kier molecular flexibility index (Phi) is 6.01. The molecule has 0 radical (unpaired) electrons. The molecule has 2 atom stereocenters. The van der Waals surface area contributed by atoms with Crippen molar-refractivity contribution in [2.24, 2.45) is 11.8 Å². The van der Waals surface area contributed by atoms with E-state index in [1.807, 2.05) is 6.92 Å². The SMILES string of the molecule is CC1CC(C(=O)O)CN(C(=O)NCc2ccc(C(=O)N(C)C)cc2)C1. The molecule has 1 heterocycles. The summed E-state index contributed by atoms with van der Waals surface area (Å²) in [5.41, 5.74) is 1.47. The number of hydrogen-bond acceptors (Lipinski definition) is 3. The molecule has 1 aliphatic heterocycles. The predicted molar refractivity (Wildman–Crippen MR) is 93.2 cm³/mol. The molecule has 2 N–H and O–H groups in total. The molecule has 3 amide bonds. The third-order valence-electron chi connectivity index (χ3n) is 4.35. The van der Waals surface area contributed by atoms with E-state index in [9.17, 15) is 19.5 Å². The Labute approximate surface area is 147 Å². The molecule has 0 aliphatic carbocycles. The van der Waals surface area contributed by atoms with Crippen LogP contribution in [-0.4, -0.2) is 60.0 Å². The summed E-state index contributed by atoms with van der Waals surface area (Å²) in [7, 11) is 3.39. The summed E-state index contributed by atoms with van der Waals surface area (Å²) in [4.78, 5) is 38.4. The zero-order chi connectivity index (χ0) is 18.6. The summed E-state index contributed by atoms with van der Waals surface area (Å²) < 4.78 is 0. The van der Waals surface area contributed by atoms with E-state index in [-0.39, 0.29) is 24.4 Å². The van der Waals surface area contributed by atoms with Gasteiger partial charge in [0.1, 0.15) is 0 Å². The number of piperidine rings is 1. The van der Waals surface area contributed by atoms with Gasteiger partial charge in [-0.15, -0.1) is 0 Å². The Morgan fingerprint density at radius 3 is 2.40 bits per heavy atom. The van der Waals surface area contributed by atoms with Crippen molar-refractivity contribution in [3.8, 4) is 0 Å². The number of nitrogens with zero attached hydrogens (tertiary/aromatic N) is 2. The first-order valence-electron chi connectivity index (χ1n) is 8.34. The van der Waals surface area contributed by atoms with E-state index in [4.69, 9.17) is 0 Å². The van der Waals surface area contributed by atoms with E-state index < -0.39 is 11.9 Å². The molecule has 0 saturated carbocycles. The van der Waals surface area contributed by atoms with Crippen LogP contribution in [0.15, 0.2) is 24.3 Å². The van der Waals surface area contributed by atoms with E-state index in [1.165, 1.54) is 4.90 Å². The lowest BCUT2D eigenvalue weighted by molar-refractivity contribution is -0.143. The number of likely N-dealkylation sites (tertiary alicyclic amines) is 1. The summed E-state index contributed by atoms with van der Waals surface area (Å²) in [6, 6.07) is 6.80. The largest absolute Gasteiger partial charge is 0.481 e. The van der Waals surface area contributed by atoms with E-state index in [0.29, 0.717) is 25.1 Å². The van der Waals surface area contributed by atoms with Gasteiger partial charge in [-0.25, -0.2) is 4.79 Å². The molecular weight excluding hydrogens is 322 g/mol. The predicted octanol–water partition coefficient (Wildman–Crippen LogP) is 1.64. The molecule has 1 aliphatic rings. The van der Waals surface area contributed by atoms with Crippen LogP contribution >= 0.6 is 0 Å². The maximum atomic E-state index is 12.3. The van der Waals surface area contributed by atoms with Crippen molar-refractivity contribution in [1.82, 2.24) is 15.1 Å². The van der Waals surface area contributed by atoms with Crippen LogP contribution in [0.3, 0.4) is 0 Å². The minimum atomic E-state index is -0.856. The quantitative estimate of drug-likeness (QED) is 0.866. The summed E-state index contributed by atoms with van der Waals surface area (Å²) >= 11 is 0. The normalized spacial score (nSPS) is 20.0. The fourth-order valence-corrected chi connectivity index (χ4v) is 3.01. The van der Waals surface area contributed by atoms with Gasteiger partial charge in [-0.3, -0.25) is 9.59 Å². The van der Waals surface area contributed by atoms with Gasteiger partial charge in [0.25, 0.3) is 5.91 Å². The highest BCUT2D eigenvalue weighted by molar-refractivity contribution is 5.93. The van der Waals surface area contributed by atoms with Gasteiger partial charge in [-0.1, -0.05) is 19.1 Å². The lowest BCUT2D eigenvalue weighted by Gasteiger charge is -2.34. The smallest absolute Gasteiger partial charge is 0.317 e. The van der Waals surface area contributed by atoms with E-state index >= 15 is 0 Å². The number of carboxylic acid groups (broad SMARTS) is 1. The minimum absolute atomic E-state index is 0.0717. The number of carbonyl (C=O) groups is 3. The van der Waals surface area contributed by atoms with Gasteiger partial charge >= 0.3 is 12.0 Å². The number of urea groups is 1. The monoisotopic (exact) mass is 347 g/mol. The van der Waals surface area contributed by atoms with E-state index in [2.05, 4.69) is 5.32 Å². The third kappa shape index (κ3) is 4.95. The molecule has 136 valence electrons. The van der Waals surface area contributed by atoms with Crippen LogP contribution in [0.1, 0.15) is 29.3 Å². The minimum Gasteiger partial charge on any atom is -0.481 e. The van der Waals surface area contributed by atoms with Crippen molar-refractivity contribution in [2.75, 3.05) is 27.2 Å². The van der Waals surface area contributed by atoms with Gasteiger partial charge in [-0.05, 0) is 30.0 Å². The third-order valence-corrected chi connectivity index (χ3v) is 4.35. The summed E-state index contributed by atoms with van der Waals surface area (Å²) in [5, 5.41) is 12.0. The van der Waals surface area contributed by atoms with Gasteiger partial charge in [-0.2, -0.15) is 0 Å². The van der Waals surface area contributed by atoms with Gasteiger partial charge in [0.2, 0.25) is 0 Å². The average molecular weight is 347 g/mol. The highest BCUT2D eigenvalue weighted by atomic mass is 16.4. The van der Waals surface area contributed by atoms with Gasteiger partial charge in [0.05, 0.1) is 5.92 Å². The first kappa shape index (κ1) is 18.8.